The van der Waals surface area contributed by atoms with Crippen molar-refractivity contribution in [3.05, 3.63) is 81.8 Å². The Morgan fingerprint density at radius 3 is 1.51 bits per heavy atom. The molecule has 0 saturated carbocycles. The molecule has 0 aliphatic carbocycles. The van der Waals surface area contributed by atoms with Crippen molar-refractivity contribution in [2.75, 3.05) is 7.11 Å². The molecule has 0 atom stereocenters. The molecule has 6 nitrogen and oxygen atoms in total. The van der Waals surface area contributed by atoms with E-state index < -0.39 is 5.97 Å². The normalized spacial score (nSPS) is 11.4. The van der Waals surface area contributed by atoms with Crippen LogP contribution >= 0.6 is 22.7 Å². The van der Waals surface area contributed by atoms with Gasteiger partial charge in [0.25, 0.3) is 0 Å². The van der Waals surface area contributed by atoms with Crippen molar-refractivity contribution in [3.63, 3.8) is 0 Å². The number of methoxy groups -OCH3 is 1. The lowest BCUT2D eigenvalue weighted by Crippen LogP contribution is -2.11. The number of esters is 1. The molecular weight excluding hydrogens is 504 g/mol. The molecule has 0 aliphatic rings. The van der Waals surface area contributed by atoms with Gasteiger partial charge < -0.3 is 9.84 Å². The number of thiazole rings is 2. The molecule has 0 unspecified atom stereocenters. The Labute approximate surface area is 226 Å². The van der Waals surface area contributed by atoms with Gasteiger partial charge in [0, 0.05) is 32.7 Å². The molecule has 0 aliphatic heterocycles. The van der Waals surface area contributed by atoms with Gasteiger partial charge in [0.05, 0.1) is 29.6 Å². The minimum atomic E-state index is -0.918. The van der Waals surface area contributed by atoms with Crippen molar-refractivity contribution in [1.82, 2.24) is 9.97 Å². The van der Waals surface area contributed by atoms with E-state index in [1.165, 1.54) is 18.4 Å². The molecular formula is C29H32N2O4S2. The van der Waals surface area contributed by atoms with E-state index in [9.17, 15) is 14.7 Å². The van der Waals surface area contributed by atoms with Crippen LogP contribution in [-0.4, -0.2) is 34.1 Å². The lowest BCUT2D eigenvalue weighted by atomic mass is 9.93. The van der Waals surface area contributed by atoms with Crippen molar-refractivity contribution in [2.45, 2.75) is 52.4 Å². The maximum absolute atomic E-state index is 11.8. The van der Waals surface area contributed by atoms with E-state index in [1.54, 1.807) is 35.6 Å². The van der Waals surface area contributed by atoms with Gasteiger partial charge in [-0.05, 0) is 12.1 Å². The zero-order valence-electron chi connectivity index (χ0n) is 22.2. The van der Waals surface area contributed by atoms with Crippen molar-refractivity contribution < 1.29 is 19.4 Å². The summed E-state index contributed by atoms with van der Waals surface area (Å²) >= 11 is 3.04. The summed E-state index contributed by atoms with van der Waals surface area (Å²) in [6.07, 6.45) is 0. The Bertz CT molecular complexity index is 1390. The van der Waals surface area contributed by atoms with Gasteiger partial charge in [-0.3, -0.25) is 0 Å². The first-order valence-electron chi connectivity index (χ1n) is 11.8. The number of aromatic carboxylic acids is 1. The quantitative estimate of drug-likeness (QED) is 0.269. The van der Waals surface area contributed by atoms with Gasteiger partial charge in [-0.2, -0.15) is 0 Å². The fourth-order valence-electron chi connectivity index (χ4n) is 3.30. The third-order valence-corrected chi connectivity index (χ3v) is 7.25. The smallest absolute Gasteiger partial charge is 0.338 e. The molecule has 1 N–H and O–H groups in total. The number of hydrogen-bond donors (Lipinski definition) is 1. The second-order valence-electron chi connectivity index (χ2n) is 10.5. The van der Waals surface area contributed by atoms with Crippen LogP contribution in [0.25, 0.3) is 21.1 Å². The molecule has 0 saturated heterocycles. The van der Waals surface area contributed by atoms with E-state index in [1.807, 2.05) is 35.0 Å². The first-order chi connectivity index (χ1) is 17.3. The van der Waals surface area contributed by atoms with E-state index >= 15 is 0 Å². The highest BCUT2D eigenvalue weighted by Crippen LogP contribution is 2.33. The Hall–Kier alpha value is -3.36. The van der Waals surface area contributed by atoms with Gasteiger partial charge in [0.15, 0.2) is 0 Å². The molecule has 8 heteroatoms. The number of benzene rings is 2. The van der Waals surface area contributed by atoms with Gasteiger partial charge in [-0.25, -0.2) is 19.6 Å². The lowest BCUT2D eigenvalue weighted by molar-refractivity contribution is 0.0600. The zero-order chi connectivity index (χ0) is 27.4. The fourth-order valence-corrected chi connectivity index (χ4v) is 5.47. The second-order valence-corrected chi connectivity index (χ2v) is 12.2. The van der Waals surface area contributed by atoms with Crippen LogP contribution in [0.3, 0.4) is 0 Å². The fraction of sp³-hybridized carbons (Fsp3) is 0.310. The Morgan fingerprint density at radius 2 is 1.14 bits per heavy atom. The minimum Gasteiger partial charge on any atom is -0.478 e. The molecule has 2 heterocycles. The largest absolute Gasteiger partial charge is 0.478 e. The Morgan fingerprint density at radius 1 is 0.730 bits per heavy atom. The average molecular weight is 537 g/mol. The molecule has 4 rings (SSSR count). The molecule has 37 heavy (non-hydrogen) atoms. The monoisotopic (exact) mass is 536 g/mol. The molecule has 0 amide bonds. The summed E-state index contributed by atoms with van der Waals surface area (Å²) in [6.45, 7) is 12.6. The molecule has 0 radical (unpaired) electrons. The molecule has 194 valence electrons. The lowest BCUT2D eigenvalue weighted by Gasteiger charge is -2.14. The van der Waals surface area contributed by atoms with Gasteiger partial charge in [-0.1, -0.05) is 77.9 Å². The summed E-state index contributed by atoms with van der Waals surface area (Å²) in [5.41, 5.74) is 4.38. The van der Waals surface area contributed by atoms with Crippen molar-refractivity contribution in [2.24, 2.45) is 0 Å². The topological polar surface area (TPSA) is 89.4 Å². The maximum Gasteiger partial charge on any atom is 0.338 e. The van der Waals surface area contributed by atoms with E-state index in [0.717, 1.165) is 27.0 Å². The third kappa shape index (κ3) is 6.90. The summed E-state index contributed by atoms with van der Waals surface area (Å²) < 4.78 is 4.81. The van der Waals surface area contributed by atoms with Crippen LogP contribution in [0.1, 0.15) is 73.6 Å². The van der Waals surface area contributed by atoms with Crippen molar-refractivity contribution >= 4 is 34.6 Å². The van der Waals surface area contributed by atoms with Crippen molar-refractivity contribution in [1.29, 1.82) is 0 Å². The highest BCUT2D eigenvalue weighted by atomic mass is 32.1. The number of hydrogen-bond acceptors (Lipinski definition) is 7. The number of carboxylic acids is 1. The maximum atomic E-state index is 11.8. The third-order valence-electron chi connectivity index (χ3n) is 5.50. The van der Waals surface area contributed by atoms with Crippen LogP contribution in [0.15, 0.2) is 59.3 Å². The van der Waals surface area contributed by atoms with Crippen LogP contribution < -0.4 is 0 Å². The Balaban J connectivity index is 0.000000206. The predicted octanol–water partition coefficient (Wildman–Crippen LogP) is 7.70. The van der Waals surface area contributed by atoms with Crippen LogP contribution in [-0.2, 0) is 15.6 Å². The summed E-state index contributed by atoms with van der Waals surface area (Å²) in [6, 6.07) is 14.4. The predicted molar refractivity (Wildman–Crippen MR) is 151 cm³/mol. The summed E-state index contributed by atoms with van der Waals surface area (Å²) in [7, 11) is 1.39. The van der Waals surface area contributed by atoms with Gasteiger partial charge >= 0.3 is 11.9 Å². The van der Waals surface area contributed by atoms with E-state index in [4.69, 9.17) is 4.74 Å². The van der Waals surface area contributed by atoms with Crippen LogP contribution in [0.2, 0.25) is 0 Å². The second kappa shape index (κ2) is 11.4. The standard InChI is InChI=1S/C15H17NO2S.C14H15NO2S/c1-15(2,3)12-9-19-13(16-12)10-7-5-6-8-11(10)14(17)18-4;1-14(2,3)11-8-18-12(15-11)9-6-4-5-7-10(9)13(16)17/h5-9H,1-4H3;4-8H,1-3H3,(H,16,17). The van der Waals surface area contributed by atoms with E-state index in [2.05, 4.69) is 51.5 Å². The molecule has 0 spiro atoms. The molecule has 2 aromatic heterocycles. The average Bonchev–Trinajstić information content (AvgIpc) is 3.54. The number of carboxylic acid groups (broad SMARTS) is 1. The minimum absolute atomic E-state index is 0.00889. The van der Waals surface area contributed by atoms with Gasteiger partial charge in [0.1, 0.15) is 10.0 Å². The molecule has 4 aromatic rings. The SMILES string of the molecule is CC(C)(C)c1csc(-c2ccccc2C(=O)O)n1.COC(=O)c1ccccc1-c1nc(C(C)(C)C)cs1. The van der Waals surface area contributed by atoms with Crippen molar-refractivity contribution in [3.8, 4) is 21.1 Å². The molecule has 0 bridgehead atoms. The molecule has 0 fully saturated rings. The molecule has 2 aromatic carbocycles. The van der Waals surface area contributed by atoms with Gasteiger partial charge in [0.2, 0.25) is 0 Å². The van der Waals surface area contributed by atoms with Crippen LogP contribution in [0, 0.1) is 0 Å². The Kier molecular flexibility index (Phi) is 8.66. The highest BCUT2D eigenvalue weighted by molar-refractivity contribution is 7.13. The van der Waals surface area contributed by atoms with E-state index in [0.29, 0.717) is 16.7 Å². The van der Waals surface area contributed by atoms with Crippen LogP contribution in [0.4, 0.5) is 0 Å². The highest BCUT2D eigenvalue weighted by Gasteiger charge is 2.21. The van der Waals surface area contributed by atoms with Crippen LogP contribution in [0.5, 0.6) is 0 Å². The number of nitrogens with zero attached hydrogens (tertiary/aromatic N) is 2. The first kappa shape index (κ1) is 28.2. The number of ether oxygens (including phenoxy) is 1. The zero-order valence-corrected chi connectivity index (χ0v) is 23.8. The summed E-state index contributed by atoms with van der Waals surface area (Å²) in [5, 5.41) is 14.8. The number of carbonyl (C=O) groups is 2. The number of aromatic nitrogens is 2. The first-order valence-corrected chi connectivity index (χ1v) is 13.5. The number of rotatable bonds is 4. The van der Waals surface area contributed by atoms with Gasteiger partial charge in [-0.15, -0.1) is 22.7 Å². The summed E-state index contributed by atoms with van der Waals surface area (Å²) in [4.78, 5) is 32.1. The van der Waals surface area contributed by atoms with E-state index in [-0.39, 0.29) is 16.8 Å². The summed E-state index contributed by atoms with van der Waals surface area (Å²) in [5.74, 6) is -1.25. The number of carbonyl (C=O) groups excluding carboxylic acids is 1.